The van der Waals surface area contributed by atoms with Crippen molar-refractivity contribution >= 4 is 11.6 Å². The van der Waals surface area contributed by atoms with Crippen LogP contribution in [0.1, 0.15) is 25.5 Å². The number of hydrogen-bond acceptors (Lipinski definition) is 5. The Balaban J connectivity index is 1.94. The molecule has 6 nitrogen and oxygen atoms in total. The fourth-order valence-electron chi connectivity index (χ4n) is 3.12. The summed E-state index contributed by atoms with van der Waals surface area (Å²) in [6.45, 7) is 4.19. The molecule has 0 amide bonds. The molecule has 4 aromatic rings. The van der Waals surface area contributed by atoms with Crippen molar-refractivity contribution in [1.82, 2.24) is 19.6 Å². The number of nitrogens with two attached hydrogens (primary N) is 1. The third kappa shape index (κ3) is 2.99. The number of aromatic nitrogens is 4. The molecule has 4 rings (SSSR count). The summed E-state index contributed by atoms with van der Waals surface area (Å²) in [5.74, 6) is 2.63. The number of nitrogen functional groups attached to an aromatic ring is 1. The summed E-state index contributed by atoms with van der Waals surface area (Å²) in [7, 11) is 1.65. The Labute approximate surface area is 157 Å². The van der Waals surface area contributed by atoms with Gasteiger partial charge in [-0.25, -0.2) is 4.98 Å². The average Bonchev–Trinajstić information content (AvgIpc) is 3.13. The van der Waals surface area contributed by atoms with Gasteiger partial charge in [-0.05, 0) is 23.6 Å². The lowest BCUT2D eigenvalue weighted by Gasteiger charge is -2.15. The summed E-state index contributed by atoms with van der Waals surface area (Å²) >= 11 is 0. The molecule has 0 spiro atoms. The first-order valence-electron chi connectivity index (χ1n) is 8.84. The Bertz CT molecular complexity index is 1090. The van der Waals surface area contributed by atoms with Crippen molar-refractivity contribution < 1.29 is 4.74 Å². The molecule has 27 heavy (non-hydrogen) atoms. The van der Waals surface area contributed by atoms with Crippen molar-refractivity contribution in [2.45, 2.75) is 19.8 Å². The van der Waals surface area contributed by atoms with Crippen LogP contribution < -0.4 is 10.5 Å². The zero-order chi connectivity index (χ0) is 19.0. The van der Waals surface area contributed by atoms with Gasteiger partial charge >= 0.3 is 0 Å². The number of fused-ring (bicyclic) bond motifs is 1. The molecule has 0 fully saturated rings. The molecule has 2 heterocycles. The minimum absolute atomic E-state index is 0.186. The third-order valence-corrected chi connectivity index (χ3v) is 4.51. The standard InChI is InChI=1S/C21H21N5O/c1-13(2)18-17(14-9-11-16(27-3)12-10-14)19(22)26-21(23-18)24-20(25-26)15-7-5-4-6-8-15/h4-13H,22H2,1-3H3. The largest absolute Gasteiger partial charge is 0.497 e. The van der Waals surface area contributed by atoms with Crippen molar-refractivity contribution in [2.24, 2.45) is 0 Å². The van der Waals surface area contributed by atoms with Gasteiger partial charge in [-0.2, -0.15) is 9.50 Å². The third-order valence-electron chi connectivity index (χ3n) is 4.51. The van der Waals surface area contributed by atoms with E-state index in [9.17, 15) is 0 Å². The van der Waals surface area contributed by atoms with Gasteiger partial charge in [-0.3, -0.25) is 0 Å². The van der Waals surface area contributed by atoms with Gasteiger partial charge in [-0.1, -0.05) is 56.3 Å². The van der Waals surface area contributed by atoms with Crippen LogP contribution in [0.4, 0.5) is 5.82 Å². The van der Waals surface area contributed by atoms with Gasteiger partial charge in [0.25, 0.3) is 5.78 Å². The van der Waals surface area contributed by atoms with E-state index in [1.54, 1.807) is 11.6 Å². The van der Waals surface area contributed by atoms with Gasteiger partial charge < -0.3 is 10.5 Å². The van der Waals surface area contributed by atoms with E-state index >= 15 is 0 Å². The fourth-order valence-corrected chi connectivity index (χ4v) is 3.12. The summed E-state index contributed by atoms with van der Waals surface area (Å²) in [6, 6.07) is 17.6. The number of nitrogens with zero attached hydrogens (tertiary/aromatic N) is 4. The van der Waals surface area contributed by atoms with Crippen LogP contribution in [0.25, 0.3) is 28.3 Å². The first-order valence-corrected chi connectivity index (χ1v) is 8.84. The number of rotatable bonds is 4. The van der Waals surface area contributed by atoms with Crippen LogP contribution in [0.2, 0.25) is 0 Å². The lowest BCUT2D eigenvalue weighted by Crippen LogP contribution is -2.08. The molecule has 0 unspecified atom stereocenters. The Morgan fingerprint density at radius 1 is 0.926 bits per heavy atom. The SMILES string of the molecule is COc1ccc(-c2c(C(C)C)nc3nc(-c4ccccc4)nn3c2N)cc1. The lowest BCUT2D eigenvalue weighted by molar-refractivity contribution is 0.415. The number of anilines is 1. The predicted octanol–water partition coefficient (Wildman–Crippen LogP) is 4.17. The highest BCUT2D eigenvalue weighted by molar-refractivity contribution is 5.78. The van der Waals surface area contributed by atoms with Crippen molar-refractivity contribution in [3.05, 3.63) is 60.3 Å². The highest BCUT2D eigenvalue weighted by Crippen LogP contribution is 2.34. The summed E-state index contributed by atoms with van der Waals surface area (Å²) < 4.78 is 6.88. The number of methoxy groups -OCH3 is 1. The lowest BCUT2D eigenvalue weighted by atomic mass is 9.98. The van der Waals surface area contributed by atoms with Crippen LogP contribution in [-0.4, -0.2) is 26.7 Å². The van der Waals surface area contributed by atoms with E-state index in [-0.39, 0.29) is 5.92 Å². The van der Waals surface area contributed by atoms with E-state index in [1.807, 2.05) is 54.6 Å². The molecular formula is C21H21N5O. The average molecular weight is 359 g/mol. The molecule has 0 saturated heterocycles. The molecule has 6 heteroatoms. The van der Waals surface area contributed by atoms with Crippen LogP contribution in [-0.2, 0) is 0 Å². The van der Waals surface area contributed by atoms with Gasteiger partial charge in [0.05, 0.1) is 12.8 Å². The highest BCUT2D eigenvalue weighted by Gasteiger charge is 2.20. The Morgan fingerprint density at radius 3 is 2.26 bits per heavy atom. The normalized spacial score (nSPS) is 11.3. The zero-order valence-corrected chi connectivity index (χ0v) is 15.5. The molecule has 2 N–H and O–H groups in total. The van der Waals surface area contributed by atoms with Crippen molar-refractivity contribution in [2.75, 3.05) is 12.8 Å². The summed E-state index contributed by atoms with van der Waals surface area (Å²) in [6.07, 6.45) is 0. The molecule has 0 saturated carbocycles. The molecule has 136 valence electrons. The van der Waals surface area contributed by atoms with Gasteiger partial charge in [0.2, 0.25) is 0 Å². The van der Waals surface area contributed by atoms with E-state index in [4.69, 9.17) is 15.5 Å². The smallest absolute Gasteiger partial charge is 0.254 e. The van der Waals surface area contributed by atoms with Gasteiger partial charge in [0, 0.05) is 11.1 Å². The van der Waals surface area contributed by atoms with E-state index in [0.717, 1.165) is 28.1 Å². The first kappa shape index (κ1) is 17.0. The number of benzene rings is 2. The molecular weight excluding hydrogens is 338 g/mol. The van der Waals surface area contributed by atoms with Crippen LogP contribution in [0.3, 0.4) is 0 Å². The maximum atomic E-state index is 6.54. The fraction of sp³-hybridized carbons (Fsp3) is 0.190. The number of ether oxygens (including phenoxy) is 1. The van der Waals surface area contributed by atoms with Crippen LogP contribution >= 0.6 is 0 Å². The molecule has 2 aromatic carbocycles. The second kappa shape index (κ2) is 6.72. The molecule has 2 aromatic heterocycles. The van der Waals surface area contributed by atoms with E-state index < -0.39 is 0 Å². The summed E-state index contributed by atoms with van der Waals surface area (Å²) in [5, 5.41) is 4.60. The monoisotopic (exact) mass is 359 g/mol. The van der Waals surface area contributed by atoms with E-state index in [0.29, 0.717) is 17.4 Å². The first-order chi connectivity index (χ1) is 13.1. The molecule has 0 radical (unpaired) electrons. The van der Waals surface area contributed by atoms with Gasteiger partial charge in [0.1, 0.15) is 11.6 Å². The maximum absolute atomic E-state index is 6.54. The molecule has 0 aliphatic heterocycles. The highest BCUT2D eigenvalue weighted by atomic mass is 16.5. The van der Waals surface area contributed by atoms with Gasteiger partial charge in [0.15, 0.2) is 5.82 Å². The zero-order valence-electron chi connectivity index (χ0n) is 15.5. The Hall–Kier alpha value is -3.41. The molecule has 0 aliphatic rings. The van der Waals surface area contributed by atoms with Gasteiger partial charge in [-0.15, -0.1) is 5.10 Å². The Kier molecular flexibility index (Phi) is 4.24. The second-order valence-corrected chi connectivity index (χ2v) is 6.65. The number of hydrogen-bond donors (Lipinski definition) is 1. The van der Waals surface area contributed by atoms with E-state index in [1.165, 1.54) is 0 Å². The van der Waals surface area contributed by atoms with Crippen molar-refractivity contribution in [3.63, 3.8) is 0 Å². The van der Waals surface area contributed by atoms with Crippen LogP contribution in [0.5, 0.6) is 5.75 Å². The van der Waals surface area contributed by atoms with Crippen LogP contribution in [0, 0.1) is 0 Å². The molecule has 0 bridgehead atoms. The van der Waals surface area contributed by atoms with E-state index in [2.05, 4.69) is 23.9 Å². The molecule has 0 aliphatic carbocycles. The summed E-state index contributed by atoms with van der Waals surface area (Å²) in [4.78, 5) is 9.37. The second-order valence-electron chi connectivity index (χ2n) is 6.65. The topological polar surface area (TPSA) is 78.3 Å². The van der Waals surface area contributed by atoms with Crippen molar-refractivity contribution in [1.29, 1.82) is 0 Å². The van der Waals surface area contributed by atoms with Crippen molar-refractivity contribution in [3.8, 4) is 28.3 Å². The minimum Gasteiger partial charge on any atom is -0.497 e. The minimum atomic E-state index is 0.186. The quantitative estimate of drug-likeness (QED) is 0.591. The summed E-state index contributed by atoms with van der Waals surface area (Å²) in [5.41, 5.74) is 10.2. The predicted molar refractivity (Wildman–Crippen MR) is 107 cm³/mol. The van der Waals surface area contributed by atoms with Crippen LogP contribution in [0.15, 0.2) is 54.6 Å². The molecule has 0 atom stereocenters. The Morgan fingerprint density at radius 2 is 1.63 bits per heavy atom. The maximum Gasteiger partial charge on any atom is 0.254 e.